The molecule has 5 heteroatoms. The molecule has 2 aliphatic rings. The highest BCUT2D eigenvalue weighted by Gasteiger charge is 2.31. The van der Waals surface area contributed by atoms with E-state index in [0.29, 0.717) is 30.8 Å². The predicted octanol–water partition coefficient (Wildman–Crippen LogP) is 1.47. The van der Waals surface area contributed by atoms with Crippen LogP contribution in [0.1, 0.15) is 38.5 Å². The smallest absolute Gasteiger partial charge is 0.102 e. The van der Waals surface area contributed by atoms with Gasteiger partial charge in [-0.25, -0.2) is 9.38 Å². The van der Waals surface area contributed by atoms with Gasteiger partial charge in [-0.15, -0.1) is 0 Å². The minimum Gasteiger partial charge on any atom is -0.387 e. The van der Waals surface area contributed by atoms with Crippen molar-refractivity contribution < 1.29 is 4.39 Å². The van der Waals surface area contributed by atoms with E-state index in [1.165, 1.54) is 0 Å². The number of rotatable bonds is 5. The van der Waals surface area contributed by atoms with Crippen LogP contribution in [0.2, 0.25) is 0 Å². The molecule has 1 heterocycles. The number of amidine groups is 1. The molecule has 4 nitrogen and oxygen atoms in total. The molecule has 0 radical (unpaired) electrons. The van der Waals surface area contributed by atoms with Crippen molar-refractivity contribution in [1.29, 1.82) is 0 Å². The van der Waals surface area contributed by atoms with Gasteiger partial charge in [-0.05, 0) is 44.1 Å². The van der Waals surface area contributed by atoms with Crippen molar-refractivity contribution >= 4 is 5.84 Å². The monoisotopic (exact) mass is 268 g/mol. The molecule has 1 fully saturated rings. The molecule has 19 heavy (non-hydrogen) atoms. The molecule has 0 aromatic carbocycles. The Morgan fingerprint density at radius 2 is 2.11 bits per heavy atom. The van der Waals surface area contributed by atoms with Crippen LogP contribution in [0.15, 0.2) is 17.3 Å². The number of alkyl halides is 1. The first-order chi connectivity index (χ1) is 9.11. The van der Waals surface area contributed by atoms with Gasteiger partial charge in [0.15, 0.2) is 0 Å². The molecule has 0 aromatic rings. The molecule has 1 aliphatic carbocycles. The summed E-state index contributed by atoms with van der Waals surface area (Å²) in [5.41, 5.74) is 11.8. The summed E-state index contributed by atoms with van der Waals surface area (Å²) >= 11 is 0. The highest BCUT2D eigenvalue weighted by molar-refractivity contribution is 5.83. The summed E-state index contributed by atoms with van der Waals surface area (Å²) < 4.78 is 12.1. The molecule has 5 N–H and O–H groups in total. The zero-order chi connectivity index (χ0) is 13.7. The van der Waals surface area contributed by atoms with Crippen molar-refractivity contribution in [3.8, 4) is 0 Å². The number of hydrogen-bond acceptors (Lipinski definition) is 4. The van der Waals surface area contributed by atoms with Gasteiger partial charge in [-0.3, -0.25) is 0 Å². The molecule has 108 valence electrons. The Balaban J connectivity index is 1.76. The number of nitrogens with zero attached hydrogens (tertiary/aromatic N) is 1. The Hall–Kier alpha value is -0.940. The average Bonchev–Trinajstić information content (AvgIpc) is 2.37. The zero-order valence-corrected chi connectivity index (χ0v) is 11.4. The lowest BCUT2D eigenvalue weighted by Crippen LogP contribution is -2.45. The zero-order valence-electron chi connectivity index (χ0n) is 11.4. The summed E-state index contributed by atoms with van der Waals surface area (Å²) in [4.78, 5) is 4.05. The largest absolute Gasteiger partial charge is 0.387 e. The first kappa shape index (κ1) is 14.5. The SMILES string of the molecule is NC1=NC=CC(N)(CC2CCC(NCCF)CC2)C1. The number of nitrogens with two attached hydrogens (primary N) is 2. The van der Waals surface area contributed by atoms with E-state index in [-0.39, 0.29) is 12.2 Å². The topological polar surface area (TPSA) is 76.4 Å². The number of aliphatic imine (C=N–C) groups is 1. The van der Waals surface area contributed by atoms with Gasteiger partial charge in [0.25, 0.3) is 0 Å². The first-order valence-electron chi connectivity index (χ1n) is 7.19. The third-order valence-corrected chi connectivity index (χ3v) is 4.20. The van der Waals surface area contributed by atoms with E-state index in [2.05, 4.69) is 10.3 Å². The third kappa shape index (κ3) is 4.28. The lowest BCUT2D eigenvalue weighted by atomic mass is 9.76. The van der Waals surface area contributed by atoms with Crippen LogP contribution in [0.25, 0.3) is 0 Å². The minimum absolute atomic E-state index is 0.282. The van der Waals surface area contributed by atoms with Gasteiger partial charge in [-0.1, -0.05) is 0 Å². The number of halogens is 1. The summed E-state index contributed by atoms with van der Waals surface area (Å²) in [5.74, 6) is 1.27. The Kier molecular flexibility index (Phi) is 4.93. The second kappa shape index (κ2) is 6.48. The fourth-order valence-electron chi connectivity index (χ4n) is 3.23. The molecule has 2 rings (SSSR count). The molecule has 1 unspecified atom stereocenters. The lowest BCUT2D eigenvalue weighted by Gasteiger charge is -2.35. The lowest BCUT2D eigenvalue weighted by molar-refractivity contribution is 0.247. The van der Waals surface area contributed by atoms with Gasteiger partial charge in [0.1, 0.15) is 12.5 Å². The molecule has 1 aliphatic heterocycles. The molecular formula is C14H25FN4. The summed E-state index contributed by atoms with van der Waals surface area (Å²) in [6.07, 6.45) is 9.90. The van der Waals surface area contributed by atoms with Crippen LogP contribution in [0.4, 0.5) is 4.39 Å². The highest BCUT2D eigenvalue weighted by Crippen LogP contribution is 2.32. The van der Waals surface area contributed by atoms with Gasteiger partial charge >= 0.3 is 0 Å². The van der Waals surface area contributed by atoms with Gasteiger partial charge in [0, 0.05) is 30.7 Å². The third-order valence-electron chi connectivity index (χ3n) is 4.20. The summed E-state index contributed by atoms with van der Waals surface area (Å²) in [6.45, 7) is 0.196. The Bertz CT molecular complexity index is 347. The predicted molar refractivity (Wildman–Crippen MR) is 76.6 cm³/mol. The van der Waals surface area contributed by atoms with E-state index < -0.39 is 0 Å². The minimum atomic E-state index is -0.324. The van der Waals surface area contributed by atoms with Gasteiger partial charge in [-0.2, -0.15) is 0 Å². The van der Waals surface area contributed by atoms with E-state index in [1.807, 2.05) is 6.08 Å². The molecule has 0 aromatic heterocycles. The maximum atomic E-state index is 12.1. The van der Waals surface area contributed by atoms with Crippen LogP contribution in [-0.4, -0.2) is 30.6 Å². The molecule has 0 amide bonds. The summed E-state index contributed by atoms with van der Waals surface area (Å²) in [6, 6.07) is 0.481. The maximum absolute atomic E-state index is 12.1. The summed E-state index contributed by atoms with van der Waals surface area (Å²) in [5, 5.41) is 3.25. The van der Waals surface area contributed by atoms with Crippen molar-refractivity contribution in [1.82, 2.24) is 5.32 Å². The van der Waals surface area contributed by atoms with E-state index in [0.717, 1.165) is 32.1 Å². The second-order valence-corrected chi connectivity index (χ2v) is 5.91. The van der Waals surface area contributed by atoms with Crippen LogP contribution >= 0.6 is 0 Å². The molecule has 1 atom stereocenters. The summed E-state index contributed by atoms with van der Waals surface area (Å²) in [7, 11) is 0. The molecular weight excluding hydrogens is 243 g/mol. The second-order valence-electron chi connectivity index (χ2n) is 5.91. The van der Waals surface area contributed by atoms with Crippen LogP contribution < -0.4 is 16.8 Å². The van der Waals surface area contributed by atoms with Gasteiger partial charge in [0.2, 0.25) is 0 Å². The van der Waals surface area contributed by atoms with Crippen molar-refractivity contribution in [3.05, 3.63) is 12.3 Å². The molecule has 0 spiro atoms. The Morgan fingerprint density at radius 3 is 2.74 bits per heavy atom. The Morgan fingerprint density at radius 1 is 1.37 bits per heavy atom. The molecule has 0 bridgehead atoms. The average molecular weight is 268 g/mol. The van der Waals surface area contributed by atoms with Crippen LogP contribution in [-0.2, 0) is 0 Å². The van der Waals surface area contributed by atoms with E-state index in [4.69, 9.17) is 11.5 Å². The fraction of sp³-hybridized carbons (Fsp3) is 0.786. The Labute approximate surface area is 114 Å². The van der Waals surface area contributed by atoms with E-state index in [9.17, 15) is 4.39 Å². The van der Waals surface area contributed by atoms with E-state index in [1.54, 1.807) is 6.20 Å². The van der Waals surface area contributed by atoms with Crippen LogP contribution in [0, 0.1) is 5.92 Å². The molecule has 1 saturated carbocycles. The van der Waals surface area contributed by atoms with Crippen molar-refractivity contribution in [3.63, 3.8) is 0 Å². The van der Waals surface area contributed by atoms with Crippen molar-refractivity contribution in [2.45, 2.75) is 50.1 Å². The van der Waals surface area contributed by atoms with E-state index >= 15 is 0 Å². The van der Waals surface area contributed by atoms with Crippen LogP contribution in [0.5, 0.6) is 0 Å². The van der Waals surface area contributed by atoms with Crippen LogP contribution in [0.3, 0.4) is 0 Å². The highest BCUT2D eigenvalue weighted by atomic mass is 19.1. The normalized spacial score (nSPS) is 35.2. The standard InChI is InChI=1S/C14H25FN4/c15-6-8-18-12-3-1-11(2-4-12)9-14(17)5-7-19-13(16)10-14/h5,7,11-12,18H,1-4,6,8-10,17H2,(H2,16,19). The van der Waals surface area contributed by atoms with Crippen molar-refractivity contribution in [2.24, 2.45) is 22.4 Å². The first-order valence-corrected chi connectivity index (χ1v) is 7.19. The number of nitrogens with one attached hydrogen (secondary N) is 1. The van der Waals surface area contributed by atoms with Crippen molar-refractivity contribution in [2.75, 3.05) is 13.2 Å². The molecule has 0 saturated heterocycles. The quantitative estimate of drug-likeness (QED) is 0.706. The number of hydrogen-bond donors (Lipinski definition) is 3. The fourth-order valence-corrected chi connectivity index (χ4v) is 3.23. The van der Waals surface area contributed by atoms with Gasteiger partial charge < -0.3 is 16.8 Å². The maximum Gasteiger partial charge on any atom is 0.102 e. The van der Waals surface area contributed by atoms with Gasteiger partial charge in [0.05, 0.1) is 0 Å².